The summed E-state index contributed by atoms with van der Waals surface area (Å²) < 4.78 is 0. The second-order valence-electron chi connectivity index (χ2n) is 5.70. The predicted octanol–water partition coefficient (Wildman–Crippen LogP) is 2.26. The lowest BCUT2D eigenvalue weighted by Crippen LogP contribution is -2.31. The van der Waals surface area contributed by atoms with E-state index in [1.165, 1.54) is 24.3 Å². The van der Waals surface area contributed by atoms with Gasteiger partial charge in [-0.2, -0.15) is 0 Å². The Bertz CT molecular complexity index is 600. The Morgan fingerprint density at radius 1 is 0.773 bits per heavy atom. The van der Waals surface area contributed by atoms with Crippen molar-refractivity contribution >= 4 is 0 Å². The predicted molar refractivity (Wildman–Crippen MR) is 84.1 cm³/mol. The van der Waals surface area contributed by atoms with Gasteiger partial charge < -0.3 is 26.2 Å². The fourth-order valence-corrected chi connectivity index (χ4v) is 2.39. The average molecular weight is 303 g/mol. The molecule has 0 spiro atoms. The number of rotatable bonds is 5. The van der Waals surface area contributed by atoms with Crippen molar-refractivity contribution in [3.05, 3.63) is 47.5 Å². The Kier molecular flexibility index (Phi) is 4.78. The first-order chi connectivity index (χ1) is 10.4. The SMILES string of the molecule is CC(Cc1ccc(O)c(O)c1)C(N)Cc1ccc(O)c(O)c1. The maximum absolute atomic E-state index is 9.51. The summed E-state index contributed by atoms with van der Waals surface area (Å²) >= 11 is 0. The van der Waals surface area contributed by atoms with E-state index >= 15 is 0 Å². The van der Waals surface area contributed by atoms with Crippen molar-refractivity contribution in [2.24, 2.45) is 11.7 Å². The standard InChI is InChI=1S/C17H21NO4/c1-10(6-11-2-4-14(19)16(21)8-11)13(18)7-12-3-5-15(20)17(22)9-12/h2-5,8-10,13,19-22H,6-7,18H2,1H3. The first-order valence-electron chi connectivity index (χ1n) is 7.14. The van der Waals surface area contributed by atoms with Gasteiger partial charge in [-0.25, -0.2) is 0 Å². The zero-order valence-corrected chi connectivity index (χ0v) is 12.4. The van der Waals surface area contributed by atoms with E-state index < -0.39 is 0 Å². The number of hydrogen-bond acceptors (Lipinski definition) is 5. The van der Waals surface area contributed by atoms with Crippen molar-refractivity contribution in [1.82, 2.24) is 0 Å². The summed E-state index contributed by atoms with van der Waals surface area (Å²) in [5, 5.41) is 37.6. The van der Waals surface area contributed by atoms with Gasteiger partial charge in [-0.3, -0.25) is 0 Å². The maximum Gasteiger partial charge on any atom is 0.157 e. The van der Waals surface area contributed by atoms with E-state index in [0.717, 1.165) is 11.1 Å². The quantitative estimate of drug-likeness (QED) is 0.545. The second-order valence-corrected chi connectivity index (χ2v) is 5.70. The van der Waals surface area contributed by atoms with Crippen LogP contribution in [0.25, 0.3) is 0 Å². The summed E-state index contributed by atoms with van der Waals surface area (Å²) in [6.07, 6.45) is 1.23. The lowest BCUT2D eigenvalue weighted by molar-refractivity contribution is 0.400. The van der Waals surface area contributed by atoms with E-state index in [1.807, 2.05) is 6.92 Å². The van der Waals surface area contributed by atoms with Gasteiger partial charge in [0, 0.05) is 6.04 Å². The van der Waals surface area contributed by atoms with Gasteiger partial charge in [-0.15, -0.1) is 0 Å². The lowest BCUT2D eigenvalue weighted by Gasteiger charge is -2.20. The molecule has 2 aromatic carbocycles. The first-order valence-corrected chi connectivity index (χ1v) is 7.14. The van der Waals surface area contributed by atoms with Gasteiger partial charge >= 0.3 is 0 Å². The minimum atomic E-state index is -0.152. The van der Waals surface area contributed by atoms with Crippen LogP contribution in [-0.2, 0) is 12.8 Å². The van der Waals surface area contributed by atoms with Crippen molar-refractivity contribution in [2.45, 2.75) is 25.8 Å². The maximum atomic E-state index is 9.51. The summed E-state index contributed by atoms with van der Waals surface area (Å²) in [5.74, 6) is -0.437. The van der Waals surface area contributed by atoms with Crippen LogP contribution >= 0.6 is 0 Å². The largest absolute Gasteiger partial charge is 0.504 e. The fourth-order valence-electron chi connectivity index (χ4n) is 2.39. The Hall–Kier alpha value is -2.40. The fraction of sp³-hybridized carbons (Fsp3) is 0.294. The third-order valence-electron chi connectivity index (χ3n) is 3.84. The van der Waals surface area contributed by atoms with Crippen molar-refractivity contribution in [1.29, 1.82) is 0 Å². The highest BCUT2D eigenvalue weighted by molar-refractivity contribution is 5.41. The van der Waals surface area contributed by atoms with Crippen LogP contribution in [0.15, 0.2) is 36.4 Å². The molecule has 5 heteroatoms. The topological polar surface area (TPSA) is 107 Å². The number of hydrogen-bond donors (Lipinski definition) is 5. The molecule has 0 aromatic heterocycles. The molecule has 2 unspecified atom stereocenters. The molecule has 2 aromatic rings. The molecule has 0 saturated heterocycles. The van der Waals surface area contributed by atoms with Crippen molar-refractivity contribution < 1.29 is 20.4 Å². The highest BCUT2D eigenvalue weighted by Crippen LogP contribution is 2.28. The molecule has 0 fully saturated rings. The molecule has 2 atom stereocenters. The number of aromatic hydroxyl groups is 4. The molecular weight excluding hydrogens is 282 g/mol. The summed E-state index contributed by atoms with van der Waals surface area (Å²) in [7, 11) is 0. The summed E-state index contributed by atoms with van der Waals surface area (Å²) in [5.41, 5.74) is 7.94. The molecule has 0 aliphatic heterocycles. The first kappa shape index (κ1) is 16.0. The molecule has 5 nitrogen and oxygen atoms in total. The minimum Gasteiger partial charge on any atom is -0.504 e. The molecule has 0 saturated carbocycles. The number of benzene rings is 2. The minimum absolute atomic E-state index is 0.137. The van der Waals surface area contributed by atoms with Crippen LogP contribution < -0.4 is 5.73 Å². The van der Waals surface area contributed by atoms with Crippen molar-refractivity contribution in [3.63, 3.8) is 0 Å². The van der Waals surface area contributed by atoms with Crippen LogP contribution in [0.5, 0.6) is 23.0 Å². The van der Waals surface area contributed by atoms with E-state index in [0.29, 0.717) is 12.8 Å². The third kappa shape index (κ3) is 3.83. The molecule has 0 amide bonds. The van der Waals surface area contributed by atoms with Crippen molar-refractivity contribution in [2.75, 3.05) is 0 Å². The lowest BCUT2D eigenvalue weighted by atomic mass is 9.90. The number of nitrogens with two attached hydrogens (primary N) is 1. The van der Waals surface area contributed by atoms with E-state index in [-0.39, 0.29) is 35.0 Å². The molecule has 0 radical (unpaired) electrons. The Balaban J connectivity index is 2.00. The van der Waals surface area contributed by atoms with Crippen LogP contribution in [0.3, 0.4) is 0 Å². The molecule has 22 heavy (non-hydrogen) atoms. The molecule has 2 rings (SSSR count). The van der Waals surface area contributed by atoms with Gasteiger partial charge in [-0.05, 0) is 54.2 Å². The molecule has 6 N–H and O–H groups in total. The Labute approximate surface area is 129 Å². The van der Waals surface area contributed by atoms with Crippen LogP contribution in [-0.4, -0.2) is 26.5 Å². The zero-order chi connectivity index (χ0) is 16.3. The molecule has 0 aliphatic rings. The smallest absolute Gasteiger partial charge is 0.157 e. The van der Waals surface area contributed by atoms with Crippen LogP contribution in [0, 0.1) is 5.92 Å². The number of phenolic OH excluding ortho intramolecular Hbond substituents is 4. The Morgan fingerprint density at radius 3 is 1.68 bits per heavy atom. The van der Waals surface area contributed by atoms with Gasteiger partial charge in [0.25, 0.3) is 0 Å². The van der Waals surface area contributed by atoms with Crippen LogP contribution in [0.1, 0.15) is 18.1 Å². The van der Waals surface area contributed by atoms with E-state index in [4.69, 9.17) is 5.73 Å². The number of phenols is 4. The summed E-state index contributed by atoms with van der Waals surface area (Å²) in [4.78, 5) is 0. The highest BCUT2D eigenvalue weighted by atomic mass is 16.3. The molecule has 118 valence electrons. The summed E-state index contributed by atoms with van der Waals surface area (Å²) in [6.45, 7) is 2.01. The van der Waals surface area contributed by atoms with Crippen molar-refractivity contribution in [3.8, 4) is 23.0 Å². The zero-order valence-electron chi connectivity index (χ0n) is 12.4. The van der Waals surface area contributed by atoms with E-state index in [1.54, 1.807) is 12.1 Å². The van der Waals surface area contributed by atoms with Crippen LogP contribution in [0.4, 0.5) is 0 Å². The molecule has 0 bridgehead atoms. The Morgan fingerprint density at radius 2 is 1.23 bits per heavy atom. The third-order valence-corrected chi connectivity index (χ3v) is 3.84. The molecular formula is C17H21NO4. The summed E-state index contributed by atoms with van der Waals surface area (Å²) in [6, 6.07) is 9.29. The van der Waals surface area contributed by atoms with Gasteiger partial charge in [0.05, 0.1) is 0 Å². The van der Waals surface area contributed by atoms with Gasteiger partial charge in [0.2, 0.25) is 0 Å². The van der Waals surface area contributed by atoms with E-state index in [2.05, 4.69) is 0 Å². The normalized spacial score (nSPS) is 13.7. The molecule has 0 heterocycles. The monoisotopic (exact) mass is 303 g/mol. The van der Waals surface area contributed by atoms with Gasteiger partial charge in [0.15, 0.2) is 23.0 Å². The van der Waals surface area contributed by atoms with E-state index in [9.17, 15) is 20.4 Å². The van der Waals surface area contributed by atoms with Gasteiger partial charge in [0.1, 0.15) is 0 Å². The highest BCUT2D eigenvalue weighted by Gasteiger charge is 2.15. The second kappa shape index (κ2) is 6.58. The van der Waals surface area contributed by atoms with Crippen LogP contribution in [0.2, 0.25) is 0 Å². The molecule has 0 aliphatic carbocycles. The average Bonchev–Trinajstić information content (AvgIpc) is 2.46. The van der Waals surface area contributed by atoms with Gasteiger partial charge in [-0.1, -0.05) is 19.1 Å².